The van der Waals surface area contributed by atoms with Crippen LogP contribution in [0.5, 0.6) is 0 Å². The van der Waals surface area contributed by atoms with Crippen LogP contribution in [-0.2, 0) is 30.5 Å². The molecule has 14 heteroatoms. The highest BCUT2D eigenvalue weighted by molar-refractivity contribution is 7.96. The van der Waals surface area contributed by atoms with Gasteiger partial charge in [0.1, 0.15) is 23.1 Å². The van der Waals surface area contributed by atoms with Crippen LogP contribution in [-0.4, -0.2) is 50.8 Å². The van der Waals surface area contributed by atoms with Crippen molar-refractivity contribution in [2.45, 2.75) is 18.5 Å². The molecule has 0 radical (unpaired) electrons. The fraction of sp³-hybridized carbons (Fsp3) is 0.267. The van der Waals surface area contributed by atoms with E-state index in [4.69, 9.17) is 9.84 Å². The van der Waals surface area contributed by atoms with Gasteiger partial charge in [-0.2, -0.15) is 13.2 Å². The summed E-state index contributed by atoms with van der Waals surface area (Å²) >= 11 is 0. The molecule has 0 saturated heterocycles. The summed E-state index contributed by atoms with van der Waals surface area (Å²) in [7, 11) is -2.95. The summed E-state index contributed by atoms with van der Waals surface area (Å²) in [5, 5.41) is 20.7. The maximum Gasteiger partial charge on any atom is 0.416 e. The summed E-state index contributed by atoms with van der Waals surface area (Å²) in [6.45, 7) is -0.743. The molecule has 2 aromatic carbocycles. The first-order chi connectivity index (χ1) is 20.8. The standard InChI is InChI=1S/C30H26F4N2O7S/c1-36(44(41,42)22-11-7-19(15-37)28(39)14-22)21-9-5-18(6-10-21)23-3-2-4-24(25(23)16-43-17-38)29(40)35-27-12-8-20(13-26(27)31)30(32,33)34/h2-3,5-6,8-10,12-15,23-25,37-38H,4,16-17H2,1H3,(H,35,40)/b19-15+/t23-,24-,25-/m1/s1. The summed E-state index contributed by atoms with van der Waals surface area (Å²) < 4.78 is 85.5. The molecule has 2 aliphatic carbocycles. The lowest BCUT2D eigenvalue weighted by atomic mass is 9.73. The number of nitrogens with one attached hydrogen (secondary N) is 1. The van der Waals surface area contributed by atoms with E-state index < -0.39 is 74.4 Å². The van der Waals surface area contributed by atoms with E-state index in [-0.39, 0.29) is 24.3 Å². The molecule has 0 bridgehead atoms. The van der Waals surface area contributed by atoms with Gasteiger partial charge < -0.3 is 20.3 Å². The second-order valence-corrected chi connectivity index (χ2v) is 11.8. The molecular formula is C30H26F4N2O7S. The van der Waals surface area contributed by atoms with Gasteiger partial charge >= 0.3 is 6.18 Å². The number of aliphatic hydroxyl groups is 2. The molecule has 2 aliphatic rings. The maximum absolute atomic E-state index is 14.4. The Hall–Kier alpha value is -4.45. The Labute approximate surface area is 250 Å². The third kappa shape index (κ3) is 6.85. The molecular weight excluding hydrogens is 608 g/mol. The SMILES string of the molecule is CN(c1ccc([C@H]2C=CC[C@@H](C(=O)Nc3ccc(C(F)(F)F)cc3F)[C@@H]2COCO)cc1)S(=O)(=O)C1=CC(=O)/C(=C/O)C#C1. The van der Waals surface area contributed by atoms with Crippen LogP contribution < -0.4 is 9.62 Å². The number of alkyl halides is 3. The molecule has 0 spiro atoms. The number of benzene rings is 2. The quantitative estimate of drug-likeness (QED) is 0.0930. The van der Waals surface area contributed by atoms with Gasteiger partial charge in [-0.1, -0.05) is 30.2 Å². The van der Waals surface area contributed by atoms with Gasteiger partial charge in [-0.3, -0.25) is 13.9 Å². The van der Waals surface area contributed by atoms with Crippen LogP contribution in [0.15, 0.2) is 77.4 Å². The Morgan fingerprint density at radius 1 is 1.18 bits per heavy atom. The van der Waals surface area contributed by atoms with Gasteiger partial charge in [0.15, 0.2) is 5.78 Å². The van der Waals surface area contributed by atoms with Gasteiger partial charge in [-0.15, -0.1) is 0 Å². The predicted molar refractivity (Wildman–Crippen MR) is 152 cm³/mol. The molecule has 3 N–H and O–H groups in total. The van der Waals surface area contributed by atoms with Crippen molar-refractivity contribution in [1.29, 1.82) is 0 Å². The first kappa shape index (κ1) is 32.5. The molecule has 1 amide bonds. The van der Waals surface area contributed by atoms with Crippen LogP contribution in [0.3, 0.4) is 0 Å². The van der Waals surface area contributed by atoms with Crippen LogP contribution in [0, 0.1) is 29.5 Å². The Morgan fingerprint density at radius 2 is 1.89 bits per heavy atom. The number of ether oxygens (including phenoxy) is 1. The first-order valence-electron chi connectivity index (χ1n) is 13.0. The highest BCUT2D eigenvalue weighted by atomic mass is 32.2. The van der Waals surface area contributed by atoms with E-state index in [1.807, 2.05) is 6.08 Å². The second-order valence-electron chi connectivity index (χ2n) is 9.87. The molecule has 0 heterocycles. The van der Waals surface area contributed by atoms with Crippen LogP contribution in [0.2, 0.25) is 0 Å². The van der Waals surface area contributed by atoms with Crippen LogP contribution in [0.1, 0.15) is 23.5 Å². The third-order valence-corrected chi connectivity index (χ3v) is 8.97. The molecule has 0 unspecified atom stereocenters. The zero-order valence-electron chi connectivity index (χ0n) is 23.0. The highest BCUT2D eigenvalue weighted by Crippen LogP contribution is 2.39. The number of aliphatic hydroxyl groups excluding tert-OH is 2. The van der Waals surface area contributed by atoms with E-state index in [9.17, 15) is 40.7 Å². The lowest BCUT2D eigenvalue weighted by Crippen LogP contribution is -2.37. The molecule has 2 aromatic rings. The number of nitrogens with zero attached hydrogens (tertiary/aromatic N) is 1. The lowest BCUT2D eigenvalue weighted by molar-refractivity contribution is -0.137. The van der Waals surface area contributed by atoms with Crippen molar-refractivity contribution in [1.82, 2.24) is 0 Å². The summed E-state index contributed by atoms with van der Waals surface area (Å²) in [4.78, 5) is 24.8. The molecule has 0 saturated carbocycles. The summed E-state index contributed by atoms with van der Waals surface area (Å²) in [6, 6.07) is 8.04. The molecule has 44 heavy (non-hydrogen) atoms. The third-order valence-electron chi connectivity index (χ3n) is 7.26. The Balaban J connectivity index is 1.55. The fourth-order valence-corrected chi connectivity index (χ4v) is 6.01. The molecule has 0 aliphatic heterocycles. The number of anilines is 2. The number of hydrogen-bond acceptors (Lipinski definition) is 7. The minimum atomic E-state index is -4.76. The number of sulfonamides is 1. The highest BCUT2D eigenvalue weighted by Gasteiger charge is 2.37. The smallest absolute Gasteiger partial charge is 0.416 e. The number of carbonyl (C=O) groups is 2. The van der Waals surface area contributed by atoms with E-state index >= 15 is 0 Å². The topological polar surface area (TPSA) is 133 Å². The van der Waals surface area contributed by atoms with Crippen molar-refractivity contribution >= 4 is 33.1 Å². The van der Waals surface area contributed by atoms with E-state index in [0.29, 0.717) is 24.0 Å². The fourth-order valence-electron chi connectivity index (χ4n) is 4.88. The molecule has 0 aromatic heterocycles. The normalized spacial score (nSPS) is 21.0. The van der Waals surface area contributed by atoms with Gasteiger partial charge in [-0.25, -0.2) is 12.8 Å². The lowest BCUT2D eigenvalue weighted by Gasteiger charge is -2.34. The zero-order chi connectivity index (χ0) is 32.2. The minimum Gasteiger partial charge on any atom is -0.514 e. The number of rotatable bonds is 9. The van der Waals surface area contributed by atoms with E-state index in [1.165, 1.54) is 19.2 Å². The molecule has 9 nitrogen and oxygen atoms in total. The average molecular weight is 635 g/mol. The molecule has 0 fully saturated rings. The molecule has 3 atom stereocenters. The van der Waals surface area contributed by atoms with Crippen molar-refractivity contribution in [2.24, 2.45) is 11.8 Å². The summed E-state index contributed by atoms with van der Waals surface area (Å²) in [5.41, 5.74) is -0.998. The van der Waals surface area contributed by atoms with Crippen molar-refractivity contribution in [3.8, 4) is 11.8 Å². The van der Waals surface area contributed by atoms with Crippen molar-refractivity contribution < 1.29 is 50.5 Å². The van der Waals surface area contributed by atoms with Gasteiger partial charge in [0.2, 0.25) is 5.91 Å². The van der Waals surface area contributed by atoms with Gasteiger partial charge in [-0.05, 0) is 48.2 Å². The summed E-state index contributed by atoms with van der Waals surface area (Å²) in [5.74, 6) is 0.0751. The van der Waals surface area contributed by atoms with Crippen LogP contribution in [0.25, 0.3) is 0 Å². The van der Waals surface area contributed by atoms with E-state index in [1.54, 1.807) is 18.2 Å². The monoisotopic (exact) mass is 634 g/mol. The number of allylic oxidation sites excluding steroid dienone is 5. The van der Waals surface area contributed by atoms with Crippen LogP contribution >= 0.6 is 0 Å². The summed E-state index contributed by atoms with van der Waals surface area (Å²) in [6.07, 6.45) is 0.290. The Kier molecular flexibility index (Phi) is 9.62. The number of halogens is 4. The van der Waals surface area contributed by atoms with Gasteiger partial charge in [0.25, 0.3) is 10.0 Å². The van der Waals surface area contributed by atoms with Gasteiger partial charge in [0.05, 0.1) is 29.8 Å². The number of carbonyl (C=O) groups excluding carboxylic acids is 2. The van der Waals surface area contributed by atoms with E-state index in [2.05, 4.69) is 17.2 Å². The Morgan fingerprint density at radius 3 is 2.48 bits per heavy atom. The van der Waals surface area contributed by atoms with Crippen molar-refractivity contribution in [3.05, 3.63) is 94.4 Å². The van der Waals surface area contributed by atoms with Crippen LogP contribution in [0.4, 0.5) is 28.9 Å². The molecule has 4 rings (SSSR count). The van der Waals surface area contributed by atoms with Crippen molar-refractivity contribution in [2.75, 3.05) is 30.1 Å². The van der Waals surface area contributed by atoms with Gasteiger partial charge in [0, 0.05) is 30.9 Å². The number of hydrogen-bond donors (Lipinski definition) is 3. The largest absolute Gasteiger partial charge is 0.514 e. The average Bonchev–Trinajstić information content (AvgIpc) is 2.99. The number of ketones is 1. The molecule has 232 valence electrons. The zero-order valence-corrected chi connectivity index (χ0v) is 23.8. The van der Waals surface area contributed by atoms with E-state index in [0.717, 1.165) is 16.4 Å². The predicted octanol–water partition coefficient (Wildman–Crippen LogP) is 4.40. The number of amides is 1. The first-order valence-corrected chi connectivity index (χ1v) is 14.5. The minimum absolute atomic E-state index is 0.0970. The second kappa shape index (κ2) is 13.0. The van der Waals surface area contributed by atoms with Crippen molar-refractivity contribution in [3.63, 3.8) is 0 Å². The Bertz CT molecular complexity index is 1710. The maximum atomic E-state index is 14.4.